The van der Waals surface area contributed by atoms with Gasteiger partial charge < -0.3 is 14.8 Å². The number of carboxylic acids is 2. The number of piperidine rings is 1. The van der Waals surface area contributed by atoms with Gasteiger partial charge in [-0.3, -0.25) is 9.69 Å². The summed E-state index contributed by atoms with van der Waals surface area (Å²) in [6.45, 7) is 4.89. The largest absolute Gasteiger partial charge is 0.481 e. The number of rotatable bonds is 4. The van der Waals surface area contributed by atoms with Crippen molar-refractivity contribution in [3.8, 4) is 0 Å². The Morgan fingerprint density at radius 3 is 2.77 bits per heavy atom. The maximum Gasteiger partial charge on any atom is 0.352 e. The average Bonchev–Trinajstić information content (AvgIpc) is 2.89. The van der Waals surface area contributed by atoms with Gasteiger partial charge in [0.05, 0.1) is 5.92 Å². The maximum atomic E-state index is 11.9. The summed E-state index contributed by atoms with van der Waals surface area (Å²) >= 11 is 0. The number of aromatic nitrogens is 1. The van der Waals surface area contributed by atoms with Gasteiger partial charge in [0.15, 0.2) is 0 Å². The second kappa shape index (κ2) is 5.99. The van der Waals surface area contributed by atoms with Gasteiger partial charge in [-0.05, 0) is 30.0 Å². The van der Waals surface area contributed by atoms with Crippen LogP contribution >= 0.6 is 0 Å². The minimum atomic E-state index is -0.919. The molecule has 1 aromatic heterocycles. The lowest BCUT2D eigenvalue weighted by Gasteiger charge is -2.46. The van der Waals surface area contributed by atoms with E-state index < -0.39 is 17.9 Å². The fraction of sp³-hybridized carbons (Fsp3) is 0.400. The van der Waals surface area contributed by atoms with Crippen molar-refractivity contribution >= 4 is 22.8 Å². The van der Waals surface area contributed by atoms with Crippen LogP contribution in [0.5, 0.6) is 0 Å². The summed E-state index contributed by atoms with van der Waals surface area (Å²) in [5, 5.41) is 20.3. The molecule has 0 spiro atoms. The molecular formula is C20H22N2O4. The molecule has 136 valence electrons. The summed E-state index contributed by atoms with van der Waals surface area (Å²) in [5.41, 5.74) is 3.19. The van der Waals surface area contributed by atoms with Gasteiger partial charge in [-0.2, -0.15) is 0 Å². The SMILES string of the molecule is C=CCN1CC(C(=O)O)C[C@@H]2c3cccc4c3c(c(C(=O)O)n4C)C[C@H]21. The van der Waals surface area contributed by atoms with Crippen molar-refractivity contribution < 1.29 is 19.8 Å². The van der Waals surface area contributed by atoms with E-state index in [0.29, 0.717) is 31.6 Å². The number of carboxylic acid groups (broad SMARTS) is 2. The van der Waals surface area contributed by atoms with E-state index in [1.807, 2.05) is 18.2 Å². The number of fused-ring (bicyclic) bond motifs is 2. The number of likely N-dealkylation sites (tertiary alicyclic amines) is 1. The molecule has 2 N–H and O–H groups in total. The third kappa shape index (κ3) is 2.29. The number of carbonyl (C=O) groups is 2. The molecular weight excluding hydrogens is 332 g/mol. The number of nitrogens with zero attached hydrogens (tertiary/aromatic N) is 2. The first kappa shape index (κ1) is 16.8. The van der Waals surface area contributed by atoms with E-state index in [2.05, 4.69) is 11.5 Å². The molecule has 1 unspecified atom stereocenters. The van der Waals surface area contributed by atoms with Crippen molar-refractivity contribution in [1.82, 2.24) is 9.47 Å². The molecule has 0 amide bonds. The van der Waals surface area contributed by atoms with Crippen molar-refractivity contribution in [3.05, 3.63) is 47.7 Å². The molecule has 1 saturated heterocycles. The third-order valence-electron chi connectivity index (χ3n) is 6.01. The van der Waals surface area contributed by atoms with Gasteiger partial charge in [-0.25, -0.2) is 4.79 Å². The van der Waals surface area contributed by atoms with E-state index in [9.17, 15) is 19.8 Å². The fourth-order valence-electron chi connectivity index (χ4n) is 4.97. The second-order valence-corrected chi connectivity index (χ2v) is 7.32. The normalized spacial score (nSPS) is 25.0. The van der Waals surface area contributed by atoms with Gasteiger partial charge in [0.1, 0.15) is 5.69 Å². The summed E-state index contributed by atoms with van der Waals surface area (Å²) in [6.07, 6.45) is 3.00. The number of aromatic carboxylic acids is 1. The summed E-state index contributed by atoms with van der Waals surface area (Å²) in [6, 6.07) is 6.01. The molecule has 1 aromatic carbocycles. The van der Waals surface area contributed by atoms with Crippen LogP contribution < -0.4 is 0 Å². The third-order valence-corrected chi connectivity index (χ3v) is 6.01. The fourth-order valence-corrected chi connectivity index (χ4v) is 4.97. The van der Waals surface area contributed by atoms with Crippen molar-refractivity contribution in [2.45, 2.75) is 24.8 Å². The van der Waals surface area contributed by atoms with Gasteiger partial charge in [0, 0.05) is 43.0 Å². The molecule has 2 heterocycles. The Hall–Kier alpha value is -2.60. The standard InChI is InChI=1S/C20H22N2O4/c1-3-7-22-10-11(19(23)24)8-13-12-5-4-6-15-17(12)14(9-16(13)22)18(20(25)26)21(15)2/h3-6,11,13,16H,1,7-10H2,2H3,(H,23,24)(H,25,26)/t11?,13-,16-/m1/s1. The Kier molecular flexibility index (Phi) is 3.88. The summed E-state index contributed by atoms with van der Waals surface area (Å²) in [7, 11) is 1.79. The van der Waals surface area contributed by atoms with E-state index in [1.165, 1.54) is 0 Å². The predicted octanol–water partition coefficient (Wildman–Crippen LogP) is 2.48. The highest BCUT2D eigenvalue weighted by atomic mass is 16.4. The van der Waals surface area contributed by atoms with Crippen LogP contribution in [0.25, 0.3) is 10.9 Å². The molecule has 1 aliphatic heterocycles. The monoisotopic (exact) mass is 354 g/mol. The van der Waals surface area contributed by atoms with Gasteiger partial charge in [-0.1, -0.05) is 18.2 Å². The lowest BCUT2D eigenvalue weighted by Crippen LogP contribution is -2.51. The zero-order chi connectivity index (χ0) is 18.6. The van der Waals surface area contributed by atoms with Crippen LogP contribution in [0.15, 0.2) is 30.9 Å². The zero-order valence-electron chi connectivity index (χ0n) is 14.7. The Balaban J connectivity index is 1.92. The second-order valence-electron chi connectivity index (χ2n) is 7.32. The van der Waals surface area contributed by atoms with Gasteiger partial charge in [0.2, 0.25) is 0 Å². The van der Waals surface area contributed by atoms with E-state index in [4.69, 9.17) is 0 Å². The molecule has 3 atom stereocenters. The number of aryl methyl sites for hydroxylation is 1. The molecule has 2 aliphatic rings. The minimum Gasteiger partial charge on any atom is -0.481 e. The minimum absolute atomic E-state index is 0.0880. The first-order chi connectivity index (χ1) is 12.4. The molecule has 2 aromatic rings. The zero-order valence-corrected chi connectivity index (χ0v) is 14.7. The smallest absolute Gasteiger partial charge is 0.352 e. The van der Waals surface area contributed by atoms with Crippen molar-refractivity contribution in [2.24, 2.45) is 13.0 Å². The van der Waals surface area contributed by atoms with Crippen LogP contribution in [0.4, 0.5) is 0 Å². The first-order valence-corrected chi connectivity index (χ1v) is 8.85. The van der Waals surface area contributed by atoms with E-state index in [1.54, 1.807) is 17.7 Å². The predicted molar refractivity (Wildman–Crippen MR) is 97.6 cm³/mol. The van der Waals surface area contributed by atoms with Crippen LogP contribution in [0.3, 0.4) is 0 Å². The Morgan fingerprint density at radius 1 is 1.35 bits per heavy atom. The van der Waals surface area contributed by atoms with Crippen molar-refractivity contribution in [1.29, 1.82) is 0 Å². The lowest BCUT2D eigenvalue weighted by atomic mass is 9.72. The average molecular weight is 354 g/mol. The Morgan fingerprint density at radius 2 is 2.12 bits per heavy atom. The lowest BCUT2D eigenvalue weighted by molar-refractivity contribution is -0.144. The maximum absolute atomic E-state index is 11.9. The molecule has 4 rings (SSSR count). The molecule has 0 bridgehead atoms. The van der Waals surface area contributed by atoms with Crippen LogP contribution in [-0.2, 0) is 18.3 Å². The molecule has 1 fully saturated rings. The van der Waals surface area contributed by atoms with Crippen LogP contribution in [-0.4, -0.2) is 50.8 Å². The van der Waals surface area contributed by atoms with Gasteiger partial charge in [-0.15, -0.1) is 6.58 Å². The Labute approximate surface area is 151 Å². The number of aliphatic carboxylic acids is 1. The first-order valence-electron chi connectivity index (χ1n) is 8.85. The highest BCUT2D eigenvalue weighted by Gasteiger charge is 2.43. The molecule has 6 heteroatoms. The topological polar surface area (TPSA) is 82.8 Å². The number of hydrogen-bond donors (Lipinski definition) is 2. The van der Waals surface area contributed by atoms with Crippen LogP contribution in [0.1, 0.15) is 34.0 Å². The van der Waals surface area contributed by atoms with E-state index in [0.717, 1.165) is 22.0 Å². The molecule has 0 saturated carbocycles. The quantitative estimate of drug-likeness (QED) is 0.824. The van der Waals surface area contributed by atoms with E-state index in [-0.39, 0.29) is 12.0 Å². The highest BCUT2D eigenvalue weighted by Crippen LogP contribution is 2.46. The highest BCUT2D eigenvalue weighted by molar-refractivity contribution is 6.00. The van der Waals surface area contributed by atoms with Crippen molar-refractivity contribution in [3.63, 3.8) is 0 Å². The number of hydrogen-bond acceptors (Lipinski definition) is 3. The summed E-state index contributed by atoms with van der Waals surface area (Å²) in [4.78, 5) is 25.7. The molecule has 26 heavy (non-hydrogen) atoms. The molecule has 6 nitrogen and oxygen atoms in total. The van der Waals surface area contributed by atoms with Crippen molar-refractivity contribution in [2.75, 3.05) is 13.1 Å². The van der Waals surface area contributed by atoms with E-state index >= 15 is 0 Å². The number of benzene rings is 1. The van der Waals surface area contributed by atoms with Crippen LogP contribution in [0, 0.1) is 5.92 Å². The molecule has 1 aliphatic carbocycles. The van der Waals surface area contributed by atoms with Gasteiger partial charge >= 0.3 is 11.9 Å². The molecule has 0 radical (unpaired) electrons. The summed E-state index contributed by atoms with van der Waals surface area (Å²) in [5.74, 6) is -2.02. The van der Waals surface area contributed by atoms with Gasteiger partial charge in [0.25, 0.3) is 0 Å². The van der Waals surface area contributed by atoms with Crippen LogP contribution in [0.2, 0.25) is 0 Å². The Bertz CT molecular complexity index is 930. The summed E-state index contributed by atoms with van der Waals surface area (Å²) < 4.78 is 1.75.